The summed E-state index contributed by atoms with van der Waals surface area (Å²) in [5.74, 6) is 0.569. The van der Waals surface area contributed by atoms with Crippen LogP contribution in [0.2, 0.25) is 0 Å². The second-order valence-corrected chi connectivity index (χ2v) is 10.4. The molecule has 3 aliphatic rings. The van der Waals surface area contributed by atoms with E-state index >= 15 is 0 Å². The summed E-state index contributed by atoms with van der Waals surface area (Å²) >= 11 is 0. The Morgan fingerprint density at radius 2 is 2.06 bits per heavy atom. The molecule has 3 N–H and O–H groups in total. The van der Waals surface area contributed by atoms with Crippen LogP contribution < -0.4 is 15.4 Å². The molecule has 2 aliphatic heterocycles. The van der Waals surface area contributed by atoms with Crippen molar-refractivity contribution in [1.29, 1.82) is 0 Å². The van der Waals surface area contributed by atoms with E-state index in [1.54, 1.807) is 0 Å². The summed E-state index contributed by atoms with van der Waals surface area (Å²) in [7, 11) is 0. The first-order valence-electron chi connectivity index (χ1n) is 13.0. The maximum absolute atomic E-state index is 11.9. The van der Waals surface area contributed by atoms with Crippen LogP contribution in [0.15, 0.2) is 42.6 Å². The predicted molar refractivity (Wildman–Crippen MR) is 133 cm³/mol. The van der Waals surface area contributed by atoms with E-state index in [-0.39, 0.29) is 29.7 Å². The van der Waals surface area contributed by atoms with Crippen LogP contribution in [0.3, 0.4) is 0 Å². The van der Waals surface area contributed by atoms with Crippen LogP contribution in [-0.2, 0) is 22.4 Å². The van der Waals surface area contributed by atoms with E-state index in [0.29, 0.717) is 18.8 Å². The molecule has 1 amide bonds. The molecule has 35 heavy (non-hydrogen) atoms. The van der Waals surface area contributed by atoms with E-state index in [9.17, 15) is 9.90 Å². The Hall–Kier alpha value is -2.48. The molecular weight excluding hydrogens is 442 g/mol. The third-order valence-corrected chi connectivity index (χ3v) is 7.68. The molecule has 188 valence electrons. The molecule has 1 saturated carbocycles. The first-order chi connectivity index (χ1) is 17.0. The SMILES string of the molecule is CC(=O)N[C@@H](Cc1ccccc1)[C@H](O)CN[C@H]1CC2(CCC2)Oc2ncc(C[C@@H]3CCCO3)cc21. The Labute approximate surface area is 207 Å². The number of benzene rings is 1. The molecule has 2 aromatic rings. The standard InChI is InChI=1S/C28H37N3O4/c1-19(32)31-24(15-20-7-3-2-4-8-20)26(33)18-29-25-16-28(10-6-11-28)35-27-23(25)14-21(17-30-27)13-22-9-5-12-34-22/h2-4,7-8,14,17,22,24-26,29,33H,5-6,9-13,15-16,18H2,1H3,(H,31,32)/t22-,24-,25-,26+/m0/s1. The number of nitrogens with one attached hydrogen (secondary N) is 2. The van der Waals surface area contributed by atoms with E-state index in [2.05, 4.69) is 16.7 Å². The van der Waals surface area contributed by atoms with Crippen LogP contribution in [0.25, 0.3) is 0 Å². The van der Waals surface area contributed by atoms with Crippen LogP contribution in [0.1, 0.15) is 68.2 Å². The number of hydrogen-bond donors (Lipinski definition) is 3. The Morgan fingerprint density at radius 1 is 1.23 bits per heavy atom. The van der Waals surface area contributed by atoms with Crippen molar-refractivity contribution in [2.75, 3.05) is 13.2 Å². The number of carbonyl (C=O) groups is 1. The Bertz CT molecular complexity index is 1000. The van der Waals surface area contributed by atoms with Gasteiger partial charge in [-0.15, -0.1) is 0 Å². The summed E-state index contributed by atoms with van der Waals surface area (Å²) in [4.78, 5) is 16.6. The zero-order valence-electron chi connectivity index (χ0n) is 20.5. The Balaban J connectivity index is 1.30. The first kappa shape index (κ1) is 24.2. The number of rotatable bonds is 9. The van der Waals surface area contributed by atoms with Gasteiger partial charge in [0.25, 0.3) is 0 Å². The molecule has 0 bridgehead atoms. The van der Waals surface area contributed by atoms with Gasteiger partial charge in [-0.25, -0.2) is 4.98 Å². The van der Waals surface area contributed by atoms with Gasteiger partial charge in [0.05, 0.1) is 18.2 Å². The maximum Gasteiger partial charge on any atom is 0.218 e. The smallest absolute Gasteiger partial charge is 0.218 e. The largest absolute Gasteiger partial charge is 0.471 e. The molecule has 0 radical (unpaired) electrons. The van der Waals surface area contributed by atoms with Crippen LogP contribution in [-0.4, -0.2) is 53.0 Å². The second-order valence-electron chi connectivity index (χ2n) is 10.4. The van der Waals surface area contributed by atoms with Gasteiger partial charge in [0.1, 0.15) is 5.60 Å². The van der Waals surface area contributed by atoms with Gasteiger partial charge in [0, 0.05) is 50.7 Å². The van der Waals surface area contributed by atoms with Crippen LogP contribution in [0, 0.1) is 0 Å². The monoisotopic (exact) mass is 479 g/mol. The molecule has 7 nitrogen and oxygen atoms in total. The number of ether oxygens (including phenoxy) is 2. The molecule has 1 aromatic carbocycles. The summed E-state index contributed by atoms with van der Waals surface area (Å²) < 4.78 is 12.2. The lowest BCUT2D eigenvalue weighted by Crippen LogP contribution is -2.52. The number of amides is 1. The second kappa shape index (κ2) is 10.6. The quantitative estimate of drug-likeness (QED) is 0.511. The minimum absolute atomic E-state index is 0.0420. The average Bonchev–Trinajstić information content (AvgIpc) is 3.34. The summed E-state index contributed by atoms with van der Waals surface area (Å²) in [6.45, 7) is 2.71. The molecule has 0 unspecified atom stereocenters. The third-order valence-electron chi connectivity index (χ3n) is 7.68. The normalized spacial score (nSPS) is 24.2. The Morgan fingerprint density at radius 3 is 2.74 bits per heavy atom. The molecule has 4 atom stereocenters. The van der Waals surface area contributed by atoms with Crippen molar-refractivity contribution in [3.05, 3.63) is 59.3 Å². The van der Waals surface area contributed by atoms with Crippen molar-refractivity contribution in [2.24, 2.45) is 0 Å². The van der Waals surface area contributed by atoms with Crippen LogP contribution in [0.4, 0.5) is 0 Å². The zero-order chi connectivity index (χ0) is 24.3. The molecule has 1 saturated heterocycles. The number of aliphatic hydroxyl groups is 1. The van der Waals surface area contributed by atoms with Crippen molar-refractivity contribution in [1.82, 2.24) is 15.6 Å². The number of aromatic nitrogens is 1. The van der Waals surface area contributed by atoms with E-state index in [4.69, 9.17) is 14.5 Å². The Kier molecular flexibility index (Phi) is 7.37. The number of carbonyl (C=O) groups excluding carboxylic acids is 1. The molecule has 5 rings (SSSR count). The number of nitrogens with zero attached hydrogens (tertiary/aromatic N) is 1. The summed E-state index contributed by atoms with van der Waals surface area (Å²) in [5, 5.41) is 17.7. The van der Waals surface area contributed by atoms with E-state index in [0.717, 1.165) is 61.8 Å². The predicted octanol–water partition coefficient (Wildman–Crippen LogP) is 3.25. The molecular formula is C28H37N3O4. The van der Waals surface area contributed by atoms with E-state index in [1.165, 1.54) is 13.3 Å². The van der Waals surface area contributed by atoms with Gasteiger partial charge in [-0.1, -0.05) is 30.3 Å². The number of fused-ring (bicyclic) bond motifs is 1. The summed E-state index contributed by atoms with van der Waals surface area (Å²) in [6.07, 6.45) is 9.22. The maximum atomic E-state index is 11.9. The van der Waals surface area contributed by atoms with Gasteiger partial charge in [-0.2, -0.15) is 0 Å². The minimum atomic E-state index is -0.731. The fraction of sp³-hybridized carbons (Fsp3) is 0.571. The molecule has 1 aliphatic carbocycles. The molecule has 7 heteroatoms. The van der Waals surface area contributed by atoms with Gasteiger partial charge in [-0.05, 0) is 55.7 Å². The highest BCUT2D eigenvalue weighted by molar-refractivity contribution is 5.73. The molecule has 1 aromatic heterocycles. The highest BCUT2D eigenvalue weighted by Crippen LogP contribution is 2.48. The van der Waals surface area contributed by atoms with Gasteiger partial charge in [-0.3, -0.25) is 4.79 Å². The van der Waals surface area contributed by atoms with Crippen molar-refractivity contribution in [3.8, 4) is 5.88 Å². The first-order valence-corrected chi connectivity index (χ1v) is 13.0. The van der Waals surface area contributed by atoms with E-state index in [1.807, 2.05) is 36.5 Å². The van der Waals surface area contributed by atoms with Crippen molar-refractivity contribution in [3.63, 3.8) is 0 Å². The van der Waals surface area contributed by atoms with E-state index < -0.39 is 6.10 Å². The molecule has 2 fully saturated rings. The topological polar surface area (TPSA) is 92.7 Å². The summed E-state index contributed by atoms with van der Waals surface area (Å²) in [5.41, 5.74) is 3.15. The fourth-order valence-electron chi connectivity index (χ4n) is 5.64. The lowest BCUT2D eigenvalue weighted by atomic mass is 9.73. The van der Waals surface area contributed by atoms with Crippen molar-refractivity contribution in [2.45, 2.75) is 88.2 Å². The number of aliphatic hydroxyl groups excluding tert-OH is 1. The lowest BCUT2D eigenvalue weighted by Gasteiger charge is -2.47. The molecule has 3 heterocycles. The minimum Gasteiger partial charge on any atom is -0.471 e. The zero-order valence-corrected chi connectivity index (χ0v) is 20.5. The highest BCUT2D eigenvalue weighted by Gasteiger charge is 2.46. The third kappa shape index (κ3) is 5.85. The van der Waals surface area contributed by atoms with Gasteiger partial charge < -0.3 is 25.2 Å². The van der Waals surface area contributed by atoms with Gasteiger partial charge in [0.15, 0.2) is 0 Å². The highest BCUT2D eigenvalue weighted by atomic mass is 16.5. The van der Waals surface area contributed by atoms with Crippen molar-refractivity contribution >= 4 is 5.91 Å². The fourth-order valence-corrected chi connectivity index (χ4v) is 5.64. The van der Waals surface area contributed by atoms with Crippen LogP contribution >= 0.6 is 0 Å². The van der Waals surface area contributed by atoms with Crippen LogP contribution in [0.5, 0.6) is 5.88 Å². The lowest BCUT2D eigenvalue weighted by molar-refractivity contribution is -0.120. The van der Waals surface area contributed by atoms with Gasteiger partial charge >= 0.3 is 0 Å². The van der Waals surface area contributed by atoms with Crippen molar-refractivity contribution < 1.29 is 19.4 Å². The number of hydrogen-bond acceptors (Lipinski definition) is 6. The molecule has 1 spiro atoms. The average molecular weight is 480 g/mol. The summed E-state index contributed by atoms with van der Waals surface area (Å²) in [6, 6.07) is 11.8. The van der Waals surface area contributed by atoms with Gasteiger partial charge in [0.2, 0.25) is 11.8 Å². The number of pyridine rings is 1.